The Morgan fingerprint density at radius 1 is 1.28 bits per heavy atom. The van der Waals surface area contributed by atoms with Gasteiger partial charge in [-0.25, -0.2) is 9.78 Å². The van der Waals surface area contributed by atoms with Crippen LogP contribution in [0.3, 0.4) is 0 Å². The van der Waals surface area contributed by atoms with Crippen molar-refractivity contribution in [1.82, 2.24) is 15.0 Å². The third-order valence-corrected chi connectivity index (χ3v) is 3.00. The van der Waals surface area contributed by atoms with E-state index in [0.717, 1.165) is 17.1 Å². The molecule has 0 fully saturated rings. The van der Waals surface area contributed by atoms with Crippen molar-refractivity contribution >= 4 is 11.8 Å². The third kappa shape index (κ3) is 2.89. The molecule has 2 aromatic rings. The first-order valence-corrected chi connectivity index (χ1v) is 6.47. The van der Waals surface area contributed by atoms with Crippen LogP contribution >= 0.6 is 11.8 Å². The first-order valence-electron chi connectivity index (χ1n) is 5.48. The summed E-state index contributed by atoms with van der Waals surface area (Å²) in [6.07, 6.45) is 0. The van der Waals surface area contributed by atoms with Crippen LogP contribution in [0.4, 0.5) is 0 Å². The molecule has 0 atom stereocenters. The van der Waals surface area contributed by atoms with E-state index in [4.69, 9.17) is 4.74 Å². The fourth-order valence-electron chi connectivity index (χ4n) is 1.44. The molecule has 0 aliphatic rings. The summed E-state index contributed by atoms with van der Waals surface area (Å²) in [4.78, 5) is 22.2. The number of hydrogen-bond acceptors (Lipinski definition) is 5. The number of ether oxygens (including phenoxy) is 1. The number of methoxy groups -OCH3 is 1. The number of H-pyrrole nitrogens is 1. The zero-order chi connectivity index (χ0) is 13.0. The summed E-state index contributed by atoms with van der Waals surface area (Å²) < 4.78 is 5.08. The second-order valence-corrected chi connectivity index (χ2v) is 4.68. The molecular weight excluding hydrogens is 250 g/mol. The standard InChI is InChI=1S/C12H13N3O2S/c1-3-18-12-14-10(13-11(16)15-12)8-4-6-9(17-2)7-5-8/h4-7H,3H2,1-2H3,(H,13,14,15,16). The average molecular weight is 263 g/mol. The van der Waals surface area contributed by atoms with Crippen molar-refractivity contribution in [2.24, 2.45) is 0 Å². The van der Waals surface area contributed by atoms with Crippen molar-refractivity contribution < 1.29 is 4.74 Å². The van der Waals surface area contributed by atoms with Crippen LogP contribution in [-0.2, 0) is 0 Å². The van der Waals surface area contributed by atoms with Gasteiger partial charge in [-0.05, 0) is 30.0 Å². The number of hydrogen-bond donors (Lipinski definition) is 1. The molecule has 0 amide bonds. The number of benzene rings is 1. The maximum absolute atomic E-state index is 11.4. The number of aromatic amines is 1. The van der Waals surface area contributed by atoms with Gasteiger partial charge in [-0.1, -0.05) is 18.7 Å². The predicted octanol–water partition coefficient (Wildman–Crippen LogP) is 1.95. The zero-order valence-corrected chi connectivity index (χ0v) is 11.0. The highest BCUT2D eigenvalue weighted by Gasteiger charge is 2.05. The van der Waals surface area contributed by atoms with Gasteiger partial charge in [0.2, 0.25) is 0 Å². The quantitative estimate of drug-likeness (QED) is 0.854. The summed E-state index contributed by atoms with van der Waals surface area (Å²) in [5.74, 6) is 2.11. The van der Waals surface area contributed by atoms with Crippen molar-refractivity contribution in [2.45, 2.75) is 12.1 Å². The van der Waals surface area contributed by atoms with Gasteiger partial charge in [0, 0.05) is 5.56 Å². The molecule has 0 unspecified atom stereocenters. The maximum Gasteiger partial charge on any atom is 0.349 e. The Kier molecular flexibility index (Phi) is 3.99. The molecule has 1 aromatic carbocycles. The number of aromatic nitrogens is 3. The van der Waals surface area contributed by atoms with E-state index in [2.05, 4.69) is 15.0 Å². The topological polar surface area (TPSA) is 67.9 Å². The molecule has 0 radical (unpaired) electrons. The summed E-state index contributed by atoms with van der Waals surface area (Å²) in [6.45, 7) is 1.99. The zero-order valence-electron chi connectivity index (χ0n) is 10.1. The van der Waals surface area contributed by atoms with Crippen LogP contribution in [0.5, 0.6) is 5.75 Å². The lowest BCUT2D eigenvalue weighted by Crippen LogP contribution is -2.14. The Morgan fingerprint density at radius 3 is 2.61 bits per heavy atom. The van der Waals surface area contributed by atoms with E-state index in [0.29, 0.717) is 11.0 Å². The smallest absolute Gasteiger partial charge is 0.349 e. The second-order valence-electron chi connectivity index (χ2n) is 3.45. The summed E-state index contributed by atoms with van der Waals surface area (Å²) in [5.41, 5.74) is 0.444. The van der Waals surface area contributed by atoms with Crippen molar-refractivity contribution in [1.29, 1.82) is 0 Å². The van der Waals surface area contributed by atoms with Crippen LogP contribution < -0.4 is 10.4 Å². The van der Waals surface area contributed by atoms with E-state index in [9.17, 15) is 4.79 Å². The van der Waals surface area contributed by atoms with Crippen LogP contribution in [0.25, 0.3) is 11.4 Å². The summed E-state index contributed by atoms with van der Waals surface area (Å²) in [6, 6.07) is 7.33. The van der Waals surface area contributed by atoms with E-state index < -0.39 is 0 Å². The SMILES string of the molecule is CCSc1nc(-c2ccc(OC)cc2)[nH]c(=O)n1. The van der Waals surface area contributed by atoms with Crippen molar-refractivity contribution in [2.75, 3.05) is 12.9 Å². The Morgan fingerprint density at radius 2 is 2.00 bits per heavy atom. The molecule has 18 heavy (non-hydrogen) atoms. The van der Waals surface area contributed by atoms with E-state index in [-0.39, 0.29) is 5.69 Å². The Labute approximate surface area is 109 Å². The monoisotopic (exact) mass is 263 g/mol. The van der Waals surface area contributed by atoms with Crippen LogP contribution in [-0.4, -0.2) is 27.8 Å². The van der Waals surface area contributed by atoms with E-state index in [1.54, 1.807) is 7.11 Å². The van der Waals surface area contributed by atoms with Gasteiger partial charge in [0.15, 0.2) is 5.16 Å². The highest BCUT2D eigenvalue weighted by Crippen LogP contribution is 2.19. The van der Waals surface area contributed by atoms with Gasteiger partial charge in [0.25, 0.3) is 0 Å². The van der Waals surface area contributed by atoms with E-state index in [1.807, 2.05) is 31.2 Å². The van der Waals surface area contributed by atoms with E-state index in [1.165, 1.54) is 11.8 Å². The van der Waals surface area contributed by atoms with Crippen LogP contribution in [0.1, 0.15) is 6.92 Å². The maximum atomic E-state index is 11.4. The van der Waals surface area contributed by atoms with Crippen LogP contribution in [0.2, 0.25) is 0 Å². The molecule has 6 heteroatoms. The lowest BCUT2D eigenvalue weighted by molar-refractivity contribution is 0.415. The van der Waals surface area contributed by atoms with Crippen molar-refractivity contribution in [3.05, 3.63) is 34.7 Å². The Balaban J connectivity index is 2.39. The minimum Gasteiger partial charge on any atom is -0.497 e. The molecule has 0 saturated carbocycles. The summed E-state index contributed by atoms with van der Waals surface area (Å²) >= 11 is 1.44. The highest BCUT2D eigenvalue weighted by atomic mass is 32.2. The summed E-state index contributed by atoms with van der Waals surface area (Å²) in [7, 11) is 1.61. The number of nitrogens with one attached hydrogen (secondary N) is 1. The molecule has 2 rings (SSSR count). The van der Waals surface area contributed by atoms with Crippen LogP contribution in [0, 0.1) is 0 Å². The van der Waals surface area contributed by atoms with Crippen molar-refractivity contribution in [3.8, 4) is 17.1 Å². The van der Waals surface area contributed by atoms with Crippen molar-refractivity contribution in [3.63, 3.8) is 0 Å². The lowest BCUT2D eigenvalue weighted by atomic mass is 10.2. The normalized spacial score (nSPS) is 10.3. The summed E-state index contributed by atoms with van der Waals surface area (Å²) in [5, 5.41) is 0.493. The van der Waals surface area contributed by atoms with Gasteiger partial charge in [-0.3, -0.25) is 4.98 Å². The highest BCUT2D eigenvalue weighted by molar-refractivity contribution is 7.99. The van der Waals surface area contributed by atoms with E-state index >= 15 is 0 Å². The van der Waals surface area contributed by atoms with Gasteiger partial charge in [-0.15, -0.1) is 0 Å². The molecule has 1 heterocycles. The first-order chi connectivity index (χ1) is 8.72. The fourth-order valence-corrected chi connectivity index (χ4v) is 2.01. The minimum absolute atomic E-state index is 0.383. The number of thioether (sulfide) groups is 1. The molecule has 0 saturated heterocycles. The Bertz CT molecular complexity index is 581. The van der Waals surface area contributed by atoms with Gasteiger partial charge in [0.1, 0.15) is 11.6 Å². The number of nitrogens with zero attached hydrogens (tertiary/aromatic N) is 2. The molecule has 1 aromatic heterocycles. The van der Waals surface area contributed by atoms with Gasteiger partial charge < -0.3 is 4.74 Å². The fraction of sp³-hybridized carbons (Fsp3) is 0.250. The molecule has 94 valence electrons. The molecule has 0 aliphatic heterocycles. The molecule has 0 spiro atoms. The third-order valence-electron chi connectivity index (χ3n) is 2.27. The molecule has 5 nitrogen and oxygen atoms in total. The molecule has 1 N–H and O–H groups in total. The number of rotatable bonds is 4. The van der Waals surface area contributed by atoms with Gasteiger partial charge >= 0.3 is 5.69 Å². The second kappa shape index (κ2) is 5.68. The van der Waals surface area contributed by atoms with Gasteiger partial charge in [-0.2, -0.15) is 4.98 Å². The molecular formula is C12H13N3O2S. The Hall–Kier alpha value is -1.82. The molecule has 0 aliphatic carbocycles. The first kappa shape index (κ1) is 12.6. The lowest BCUT2D eigenvalue weighted by Gasteiger charge is -2.04. The predicted molar refractivity (Wildman–Crippen MR) is 71.0 cm³/mol. The average Bonchev–Trinajstić information content (AvgIpc) is 2.38. The van der Waals surface area contributed by atoms with Gasteiger partial charge in [0.05, 0.1) is 7.11 Å². The van der Waals surface area contributed by atoms with Crippen LogP contribution in [0.15, 0.2) is 34.2 Å². The largest absolute Gasteiger partial charge is 0.497 e. The molecule has 0 bridgehead atoms. The minimum atomic E-state index is -0.383.